The lowest BCUT2D eigenvalue weighted by atomic mass is 9.97. The van der Waals surface area contributed by atoms with E-state index in [-0.39, 0.29) is 11.8 Å². The monoisotopic (exact) mass is 470 g/mol. The number of aromatic nitrogens is 6. The molecule has 35 heavy (non-hydrogen) atoms. The number of H-pyrrole nitrogens is 2. The van der Waals surface area contributed by atoms with Crippen molar-refractivity contribution in [2.24, 2.45) is 0 Å². The van der Waals surface area contributed by atoms with E-state index in [1.54, 1.807) is 12.4 Å². The van der Waals surface area contributed by atoms with Gasteiger partial charge in [0.05, 0.1) is 12.1 Å². The van der Waals surface area contributed by atoms with Crippen molar-refractivity contribution in [3.05, 3.63) is 48.5 Å². The molecule has 6 rings (SSSR count). The Hall–Kier alpha value is -3.59. The molecule has 0 radical (unpaired) electrons. The van der Waals surface area contributed by atoms with E-state index >= 15 is 0 Å². The van der Waals surface area contributed by atoms with Crippen molar-refractivity contribution >= 4 is 16.8 Å². The van der Waals surface area contributed by atoms with E-state index in [1.807, 2.05) is 29.2 Å². The van der Waals surface area contributed by atoms with Gasteiger partial charge in [0.15, 0.2) is 5.82 Å². The van der Waals surface area contributed by atoms with E-state index in [1.165, 1.54) is 6.42 Å². The summed E-state index contributed by atoms with van der Waals surface area (Å²) in [6.07, 6.45) is 9.15. The van der Waals surface area contributed by atoms with Crippen molar-refractivity contribution in [2.45, 2.75) is 38.0 Å². The summed E-state index contributed by atoms with van der Waals surface area (Å²) in [6, 6.07) is 10.0. The molecule has 3 aromatic heterocycles. The Kier molecular flexibility index (Phi) is 5.99. The number of piperidine rings is 2. The minimum atomic E-state index is 0.254. The van der Waals surface area contributed by atoms with Gasteiger partial charge < -0.3 is 4.90 Å². The fourth-order valence-corrected chi connectivity index (χ4v) is 5.33. The molecule has 2 saturated heterocycles. The van der Waals surface area contributed by atoms with Gasteiger partial charge in [0.1, 0.15) is 11.5 Å². The summed E-state index contributed by atoms with van der Waals surface area (Å²) < 4.78 is 0. The lowest BCUT2D eigenvalue weighted by Crippen LogP contribution is -2.45. The Morgan fingerprint density at radius 1 is 0.943 bits per heavy atom. The number of carbonyl (C=O) groups is 1. The van der Waals surface area contributed by atoms with Gasteiger partial charge in [-0.2, -0.15) is 10.2 Å². The average Bonchev–Trinajstić information content (AvgIpc) is 3.57. The van der Waals surface area contributed by atoms with Crippen LogP contribution in [0, 0.1) is 0 Å². The fraction of sp³-hybridized carbons (Fsp3) is 0.423. The molecule has 1 amide bonds. The van der Waals surface area contributed by atoms with Crippen LogP contribution in [0.1, 0.15) is 43.8 Å². The molecule has 180 valence electrons. The number of nitrogens with one attached hydrogen (secondary N) is 2. The lowest BCUT2D eigenvalue weighted by Gasteiger charge is -2.34. The summed E-state index contributed by atoms with van der Waals surface area (Å²) in [5.41, 5.74) is 3.82. The first-order chi connectivity index (χ1) is 17.2. The number of benzene rings is 1. The highest BCUT2D eigenvalue weighted by Crippen LogP contribution is 2.30. The highest BCUT2D eigenvalue weighted by molar-refractivity contribution is 5.95. The van der Waals surface area contributed by atoms with Crippen molar-refractivity contribution in [2.75, 3.05) is 32.7 Å². The Balaban J connectivity index is 1.18. The maximum atomic E-state index is 12.8. The second-order valence-electron chi connectivity index (χ2n) is 9.63. The smallest absolute Gasteiger partial charge is 0.236 e. The van der Waals surface area contributed by atoms with Gasteiger partial charge in [0.25, 0.3) is 0 Å². The number of carbonyl (C=O) groups excluding carboxylic acids is 1. The van der Waals surface area contributed by atoms with Gasteiger partial charge in [-0.1, -0.05) is 0 Å². The van der Waals surface area contributed by atoms with Crippen LogP contribution in [0.3, 0.4) is 0 Å². The van der Waals surface area contributed by atoms with E-state index in [9.17, 15) is 4.79 Å². The summed E-state index contributed by atoms with van der Waals surface area (Å²) in [4.78, 5) is 26.0. The number of hydrogen-bond donors (Lipinski definition) is 2. The molecule has 1 atom stereocenters. The molecule has 1 unspecified atom stereocenters. The first-order valence-corrected chi connectivity index (χ1v) is 12.6. The molecule has 9 heteroatoms. The lowest BCUT2D eigenvalue weighted by molar-refractivity contribution is -0.133. The number of nitrogens with zero attached hydrogens (tertiary/aromatic N) is 6. The zero-order valence-electron chi connectivity index (χ0n) is 19.8. The molecule has 2 aliphatic rings. The molecule has 2 aliphatic heterocycles. The van der Waals surface area contributed by atoms with Crippen molar-refractivity contribution in [3.63, 3.8) is 0 Å². The molecule has 0 saturated carbocycles. The van der Waals surface area contributed by atoms with Crippen LogP contribution >= 0.6 is 0 Å². The van der Waals surface area contributed by atoms with E-state index in [0.717, 1.165) is 85.4 Å². The fourth-order valence-electron chi connectivity index (χ4n) is 5.33. The Labute approximate surface area is 204 Å². The number of likely N-dealkylation sites (tertiary alicyclic amines) is 2. The third kappa shape index (κ3) is 4.55. The second-order valence-corrected chi connectivity index (χ2v) is 9.63. The number of fused-ring (bicyclic) bond motifs is 1. The minimum absolute atomic E-state index is 0.254. The van der Waals surface area contributed by atoms with Crippen molar-refractivity contribution in [3.8, 4) is 22.6 Å². The Morgan fingerprint density at radius 2 is 1.80 bits per heavy atom. The summed E-state index contributed by atoms with van der Waals surface area (Å²) in [5.74, 6) is 2.10. The van der Waals surface area contributed by atoms with Gasteiger partial charge in [0.2, 0.25) is 5.91 Å². The van der Waals surface area contributed by atoms with Crippen LogP contribution in [-0.2, 0) is 4.79 Å². The number of hydrogen-bond acceptors (Lipinski definition) is 6. The number of aromatic amines is 2. The maximum absolute atomic E-state index is 12.8. The molecular formula is C26H30N8O. The predicted molar refractivity (Wildman–Crippen MR) is 134 cm³/mol. The molecule has 2 fully saturated rings. The number of rotatable bonds is 5. The number of amides is 1. The van der Waals surface area contributed by atoms with Gasteiger partial charge in [-0.15, -0.1) is 0 Å². The Morgan fingerprint density at radius 3 is 2.66 bits per heavy atom. The molecule has 4 aromatic rings. The first kappa shape index (κ1) is 21.9. The normalized spacial score (nSPS) is 19.3. The molecule has 0 bridgehead atoms. The number of pyridine rings is 1. The molecule has 0 spiro atoms. The van der Waals surface area contributed by atoms with Crippen molar-refractivity contribution in [1.82, 2.24) is 40.2 Å². The van der Waals surface area contributed by atoms with Crippen LogP contribution in [0.4, 0.5) is 0 Å². The van der Waals surface area contributed by atoms with E-state index < -0.39 is 0 Å². The van der Waals surface area contributed by atoms with Gasteiger partial charge >= 0.3 is 0 Å². The third-order valence-electron chi connectivity index (χ3n) is 7.24. The minimum Gasteiger partial charge on any atom is -0.342 e. The molecule has 2 N–H and O–H groups in total. The highest BCUT2D eigenvalue weighted by atomic mass is 16.2. The summed E-state index contributed by atoms with van der Waals surface area (Å²) in [6.45, 7) is 4.12. The second kappa shape index (κ2) is 9.58. The zero-order valence-corrected chi connectivity index (χ0v) is 19.8. The topological polar surface area (TPSA) is 107 Å². The van der Waals surface area contributed by atoms with Crippen LogP contribution in [0.15, 0.2) is 42.7 Å². The van der Waals surface area contributed by atoms with Gasteiger partial charge in [-0.05, 0) is 69.0 Å². The quantitative estimate of drug-likeness (QED) is 0.462. The van der Waals surface area contributed by atoms with Crippen molar-refractivity contribution in [1.29, 1.82) is 0 Å². The molecule has 5 heterocycles. The first-order valence-electron chi connectivity index (χ1n) is 12.6. The largest absolute Gasteiger partial charge is 0.342 e. The molecule has 9 nitrogen and oxygen atoms in total. The van der Waals surface area contributed by atoms with E-state index in [0.29, 0.717) is 12.4 Å². The molecule has 1 aromatic carbocycles. The van der Waals surface area contributed by atoms with Crippen LogP contribution in [0.2, 0.25) is 0 Å². The van der Waals surface area contributed by atoms with Crippen LogP contribution in [0.5, 0.6) is 0 Å². The third-order valence-corrected chi connectivity index (χ3v) is 7.24. The van der Waals surface area contributed by atoms with Gasteiger partial charge in [-0.3, -0.25) is 24.9 Å². The average molecular weight is 471 g/mol. The Bertz CT molecular complexity index is 1310. The van der Waals surface area contributed by atoms with Crippen LogP contribution < -0.4 is 0 Å². The highest BCUT2D eigenvalue weighted by Gasteiger charge is 2.27. The summed E-state index contributed by atoms with van der Waals surface area (Å²) >= 11 is 0. The summed E-state index contributed by atoms with van der Waals surface area (Å²) in [7, 11) is 0. The molecule has 0 aliphatic carbocycles. The summed E-state index contributed by atoms with van der Waals surface area (Å²) in [5, 5.41) is 16.4. The zero-order chi connectivity index (χ0) is 23.6. The van der Waals surface area contributed by atoms with E-state index in [4.69, 9.17) is 4.98 Å². The molecular weight excluding hydrogens is 440 g/mol. The van der Waals surface area contributed by atoms with Crippen molar-refractivity contribution < 1.29 is 4.79 Å². The predicted octanol–water partition coefficient (Wildman–Crippen LogP) is 3.60. The van der Waals surface area contributed by atoms with Crippen LogP contribution in [0.25, 0.3) is 33.5 Å². The van der Waals surface area contributed by atoms with Crippen LogP contribution in [-0.4, -0.2) is 78.8 Å². The van der Waals surface area contributed by atoms with Gasteiger partial charge in [0, 0.05) is 54.5 Å². The van der Waals surface area contributed by atoms with Gasteiger partial charge in [-0.25, -0.2) is 4.98 Å². The maximum Gasteiger partial charge on any atom is 0.236 e. The standard InChI is InChI=1S/C26H30N8O/c35-23(34-13-2-1-3-14-34)17-33-12-4-5-20(16-33)26-28-25(31-32-26)19-6-7-22-21(15-19)24(30-29-22)18-8-10-27-11-9-18/h6-11,15,20H,1-5,12-14,16-17H2,(H,29,30)(H,28,31,32). The SMILES string of the molecule is O=C(CN1CCCC(c2nc(-c3ccc4[nH]nc(-c5ccncc5)c4c3)n[nH]2)C1)N1CCCCC1. The van der Waals surface area contributed by atoms with E-state index in [2.05, 4.69) is 36.3 Å².